The van der Waals surface area contributed by atoms with Crippen molar-refractivity contribution in [3.05, 3.63) is 47.8 Å². The van der Waals surface area contributed by atoms with Crippen LogP contribution in [0.5, 0.6) is 5.75 Å². The van der Waals surface area contributed by atoms with Gasteiger partial charge >= 0.3 is 0 Å². The number of nitrogens with zero attached hydrogens (tertiary/aromatic N) is 4. The van der Waals surface area contributed by atoms with Gasteiger partial charge in [0.1, 0.15) is 5.75 Å². The molecule has 0 spiro atoms. The van der Waals surface area contributed by atoms with Gasteiger partial charge in [0.15, 0.2) is 5.16 Å². The zero-order chi connectivity index (χ0) is 18.4. The Morgan fingerprint density at radius 1 is 1.15 bits per heavy atom. The van der Waals surface area contributed by atoms with Crippen LogP contribution in [0.2, 0.25) is 0 Å². The SMILES string of the molecule is CSc1ncc(CN2C[C@@H](c3cccc(O)c3)[C@@H]3[C@H]2C2CCN3CC2)cn1. The first kappa shape index (κ1) is 17.5. The molecule has 2 bridgehead atoms. The fourth-order valence-electron chi connectivity index (χ4n) is 5.54. The van der Waals surface area contributed by atoms with E-state index in [0.717, 1.165) is 24.2 Å². The minimum atomic E-state index is 0.375. The van der Waals surface area contributed by atoms with E-state index in [0.29, 0.717) is 23.8 Å². The molecule has 4 aliphatic rings. The minimum Gasteiger partial charge on any atom is -0.508 e. The third kappa shape index (κ3) is 3.13. The van der Waals surface area contributed by atoms with Crippen molar-refractivity contribution in [2.45, 2.75) is 42.5 Å². The van der Waals surface area contributed by atoms with Crippen LogP contribution < -0.4 is 0 Å². The predicted octanol–water partition coefficient (Wildman–Crippen LogP) is 2.97. The van der Waals surface area contributed by atoms with Gasteiger partial charge in [-0.25, -0.2) is 9.97 Å². The van der Waals surface area contributed by atoms with Gasteiger partial charge in [0.2, 0.25) is 0 Å². The van der Waals surface area contributed by atoms with E-state index >= 15 is 0 Å². The van der Waals surface area contributed by atoms with E-state index in [9.17, 15) is 5.11 Å². The fraction of sp³-hybridized carbons (Fsp3) is 0.524. The van der Waals surface area contributed by atoms with Gasteiger partial charge in [-0.2, -0.15) is 0 Å². The quantitative estimate of drug-likeness (QED) is 0.648. The zero-order valence-corrected chi connectivity index (χ0v) is 16.5. The van der Waals surface area contributed by atoms with Gasteiger partial charge in [-0.15, -0.1) is 0 Å². The van der Waals surface area contributed by atoms with Gasteiger partial charge in [-0.05, 0) is 55.8 Å². The van der Waals surface area contributed by atoms with E-state index in [1.807, 2.05) is 30.8 Å². The van der Waals surface area contributed by atoms with Crippen molar-refractivity contribution in [1.82, 2.24) is 19.8 Å². The van der Waals surface area contributed by atoms with Crippen molar-refractivity contribution in [3.63, 3.8) is 0 Å². The lowest BCUT2D eigenvalue weighted by molar-refractivity contribution is -0.00875. The van der Waals surface area contributed by atoms with E-state index in [1.54, 1.807) is 17.8 Å². The second kappa shape index (κ2) is 7.08. The maximum atomic E-state index is 10.0. The first-order chi connectivity index (χ1) is 13.2. The van der Waals surface area contributed by atoms with Gasteiger partial charge < -0.3 is 5.11 Å². The van der Waals surface area contributed by atoms with Crippen molar-refractivity contribution in [1.29, 1.82) is 0 Å². The van der Waals surface area contributed by atoms with Crippen molar-refractivity contribution in [3.8, 4) is 5.75 Å². The van der Waals surface area contributed by atoms with Crippen molar-refractivity contribution in [2.24, 2.45) is 5.92 Å². The number of phenols is 1. The lowest BCUT2D eigenvalue weighted by Gasteiger charge is -2.51. The molecular weight excluding hydrogens is 356 g/mol. The Morgan fingerprint density at radius 2 is 1.93 bits per heavy atom. The molecule has 27 heavy (non-hydrogen) atoms. The molecule has 0 aliphatic carbocycles. The molecule has 3 atom stereocenters. The van der Waals surface area contributed by atoms with Crippen LogP contribution in [0.3, 0.4) is 0 Å². The van der Waals surface area contributed by atoms with E-state index in [-0.39, 0.29) is 0 Å². The molecule has 5 heterocycles. The molecule has 0 unspecified atom stereocenters. The Balaban J connectivity index is 1.45. The molecule has 1 aromatic carbocycles. The summed E-state index contributed by atoms with van der Waals surface area (Å²) in [6, 6.07) is 9.06. The normalized spacial score (nSPS) is 32.6. The first-order valence-electron chi connectivity index (χ1n) is 9.85. The van der Waals surface area contributed by atoms with Crippen LogP contribution in [0.25, 0.3) is 0 Å². The van der Waals surface area contributed by atoms with E-state index in [4.69, 9.17) is 0 Å². The molecule has 4 saturated heterocycles. The smallest absolute Gasteiger partial charge is 0.187 e. The van der Waals surface area contributed by atoms with Crippen LogP contribution in [-0.2, 0) is 6.54 Å². The van der Waals surface area contributed by atoms with Gasteiger partial charge in [-0.1, -0.05) is 23.9 Å². The lowest BCUT2D eigenvalue weighted by atomic mass is 9.75. The highest BCUT2D eigenvalue weighted by Gasteiger charge is 2.53. The first-order valence-corrected chi connectivity index (χ1v) is 11.1. The molecule has 6 heteroatoms. The van der Waals surface area contributed by atoms with Crippen molar-refractivity contribution < 1.29 is 5.11 Å². The van der Waals surface area contributed by atoms with Gasteiger partial charge in [0.25, 0.3) is 0 Å². The maximum absolute atomic E-state index is 10.0. The number of hydrogen-bond donors (Lipinski definition) is 1. The Labute approximate surface area is 164 Å². The van der Waals surface area contributed by atoms with Crippen LogP contribution in [0.4, 0.5) is 0 Å². The van der Waals surface area contributed by atoms with E-state index in [1.165, 1.54) is 37.1 Å². The minimum absolute atomic E-state index is 0.375. The number of aromatic hydroxyl groups is 1. The number of phenolic OH excluding ortho intramolecular Hbond substituents is 1. The molecular formula is C21H26N4OS. The second-order valence-electron chi connectivity index (χ2n) is 8.06. The molecule has 2 aromatic rings. The Hall–Kier alpha value is -1.63. The highest BCUT2D eigenvalue weighted by molar-refractivity contribution is 7.98. The monoisotopic (exact) mass is 382 g/mol. The molecule has 1 aromatic heterocycles. The number of hydrogen-bond acceptors (Lipinski definition) is 6. The molecule has 4 aliphatic heterocycles. The van der Waals surface area contributed by atoms with Crippen molar-refractivity contribution in [2.75, 3.05) is 25.9 Å². The Bertz CT molecular complexity index is 806. The summed E-state index contributed by atoms with van der Waals surface area (Å²) >= 11 is 1.58. The summed E-state index contributed by atoms with van der Waals surface area (Å²) in [5, 5.41) is 10.8. The molecule has 0 saturated carbocycles. The number of likely N-dealkylation sites (tertiary alicyclic amines) is 1. The molecule has 1 N–H and O–H groups in total. The van der Waals surface area contributed by atoms with E-state index in [2.05, 4.69) is 25.8 Å². The fourth-order valence-corrected chi connectivity index (χ4v) is 5.85. The summed E-state index contributed by atoms with van der Waals surface area (Å²) in [5.41, 5.74) is 2.47. The molecule has 5 nitrogen and oxygen atoms in total. The Kier molecular flexibility index (Phi) is 4.58. The average molecular weight is 383 g/mol. The summed E-state index contributed by atoms with van der Waals surface area (Å²) in [6.07, 6.45) is 8.60. The van der Waals surface area contributed by atoms with Gasteiger partial charge in [0, 0.05) is 49.0 Å². The van der Waals surface area contributed by atoms with Crippen LogP contribution in [0.15, 0.2) is 41.8 Å². The molecule has 0 radical (unpaired) electrons. The predicted molar refractivity (Wildman–Crippen MR) is 107 cm³/mol. The van der Waals surface area contributed by atoms with E-state index < -0.39 is 0 Å². The summed E-state index contributed by atoms with van der Waals surface area (Å²) < 4.78 is 0. The second-order valence-corrected chi connectivity index (χ2v) is 8.84. The summed E-state index contributed by atoms with van der Waals surface area (Å²) in [7, 11) is 0. The topological polar surface area (TPSA) is 52.5 Å². The summed E-state index contributed by atoms with van der Waals surface area (Å²) in [6.45, 7) is 4.40. The van der Waals surface area contributed by atoms with Gasteiger partial charge in [-0.3, -0.25) is 9.80 Å². The third-order valence-electron chi connectivity index (χ3n) is 6.64. The van der Waals surface area contributed by atoms with Crippen molar-refractivity contribution >= 4 is 11.8 Å². The largest absolute Gasteiger partial charge is 0.508 e. The standard InChI is InChI=1S/C21H26N4OS/c1-27-21-22-10-14(11-23-21)12-25-13-18(16-3-2-4-17(26)9-16)20-19(25)15-5-7-24(20)8-6-15/h2-4,9-11,15,18-20,26H,5-8,12-13H2,1H3/t18-,19+,20+/m0/s1. The maximum Gasteiger partial charge on any atom is 0.187 e. The number of rotatable bonds is 4. The number of benzene rings is 1. The number of fused-ring (bicyclic) bond motifs is 2. The molecule has 4 fully saturated rings. The third-order valence-corrected chi connectivity index (χ3v) is 7.22. The number of aromatic nitrogens is 2. The summed E-state index contributed by atoms with van der Waals surface area (Å²) in [4.78, 5) is 14.3. The molecule has 6 rings (SSSR count). The lowest BCUT2D eigenvalue weighted by Crippen LogP contribution is -2.59. The molecule has 142 valence electrons. The average Bonchev–Trinajstić information content (AvgIpc) is 3.11. The van der Waals surface area contributed by atoms with Crippen LogP contribution in [0.1, 0.15) is 29.9 Å². The molecule has 0 amide bonds. The Morgan fingerprint density at radius 3 is 2.63 bits per heavy atom. The summed E-state index contributed by atoms with van der Waals surface area (Å²) in [5.74, 6) is 1.62. The highest BCUT2D eigenvalue weighted by atomic mass is 32.2. The highest BCUT2D eigenvalue weighted by Crippen LogP contribution is 2.47. The van der Waals surface area contributed by atoms with Crippen LogP contribution in [-0.4, -0.2) is 62.8 Å². The van der Waals surface area contributed by atoms with Gasteiger partial charge in [0.05, 0.1) is 0 Å². The van der Waals surface area contributed by atoms with Crippen LogP contribution >= 0.6 is 11.8 Å². The van der Waals surface area contributed by atoms with Crippen LogP contribution in [0, 0.1) is 5.92 Å². The zero-order valence-electron chi connectivity index (χ0n) is 15.7. The number of thioether (sulfide) groups is 1. The number of piperidine rings is 3.